The van der Waals surface area contributed by atoms with Gasteiger partial charge in [0.25, 0.3) is 0 Å². The predicted molar refractivity (Wildman–Crippen MR) is 129 cm³/mol. The highest BCUT2D eigenvalue weighted by atomic mass is 32.1. The molecule has 0 amide bonds. The quantitative estimate of drug-likeness (QED) is 0.444. The summed E-state index contributed by atoms with van der Waals surface area (Å²) in [5.74, 6) is 0.788. The molecule has 4 heterocycles. The van der Waals surface area contributed by atoms with Crippen LogP contribution in [-0.4, -0.2) is 26.8 Å². The monoisotopic (exact) mass is 441 g/mol. The molecule has 7 heteroatoms. The Morgan fingerprint density at radius 2 is 1.97 bits per heavy atom. The van der Waals surface area contributed by atoms with Gasteiger partial charge in [-0.1, -0.05) is 18.2 Å². The Hall–Kier alpha value is -3.71. The van der Waals surface area contributed by atoms with Crippen LogP contribution in [0.3, 0.4) is 0 Å². The van der Waals surface area contributed by atoms with E-state index >= 15 is 0 Å². The summed E-state index contributed by atoms with van der Waals surface area (Å²) in [7, 11) is 1.67. The lowest BCUT2D eigenvalue weighted by atomic mass is 10.0. The normalized spacial score (nSPS) is 17.9. The maximum absolute atomic E-state index is 5.83. The first-order valence-corrected chi connectivity index (χ1v) is 10.8. The molecule has 160 valence electrons. The van der Waals surface area contributed by atoms with Crippen LogP contribution in [0.5, 0.6) is 5.75 Å². The average Bonchev–Trinajstić information content (AvgIpc) is 3.43. The van der Waals surface area contributed by atoms with Crippen molar-refractivity contribution in [3.05, 3.63) is 108 Å². The average molecular weight is 442 g/mol. The van der Waals surface area contributed by atoms with Gasteiger partial charge in [-0.05, 0) is 60.2 Å². The molecule has 1 fully saturated rings. The molecule has 2 atom stereocenters. The van der Waals surface area contributed by atoms with Crippen LogP contribution in [0, 0.1) is 0 Å². The number of ether oxygens (including phenoxy) is 1. The maximum atomic E-state index is 5.83. The maximum Gasteiger partial charge on any atom is 0.174 e. The fourth-order valence-electron chi connectivity index (χ4n) is 4.22. The highest BCUT2D eigenvalue weighted by Crippen LogP contribution is 2.42. The van der Waals surface area contributed by atoms with Gasteiger partial charge in [0.15, 0.2) is 5.11 Å². The number of aromatic nitrogens is 3. The summed E-state index contributed by atoms with van der Waals surface area (Å²) in [6, 6.07) is 22.0. The molecule has 4 aromatic rings. The van der Waals surface area contributed by atoms with Crippen LogP contribution in [-0.2, 0) is 6.54 Å². The zero-order valence-corrected chi connectivity index (χ0v) is 18.4. The Labute approximate surface area is 192 Å². The van der Waals surface area contributed by atoms with Crippen LogP contribution in [0.1, 0.15) is 29.0 Å². The second kappa shape index (κ2) is 8.80. The number of hydrogen-bond donors (Lipinski definition) is 1. The summed E-state index contributed by atoms with van der Waals surface area (Å²) in [5.41, 5.74) is 4.19. The molecule has 2 unspecified atom stereocenters. The highest BCUT2D eigenvalue weighted by Gasteiger charge is 2.42. The zero-order valence-electron chi connectivity index (χ0n) is 17.6. The second-order valence-electron chi connectivity index (χ2n) is 7.62. The molecule has 5 rings (SSSR count). The van der Waals surface area contributed by atoms with Crippen LogP contribution >= 0.6 is 12.2 Å². The van der Waals surface area contributed by atoms with Crippen molar-refractivity contribution in [1.29, 1.82) is 0 Å². The van der Waals surface area contributed by atoms with Crippen LogP contribution in [0.2, 0.25) is 0 Å². The van der Waals surface area contributed by atoms with E-state index in [1.165, 1.54) is 0 Å². The molecule has 0 spiro atoms. The smallest absolute Gasteiger partial charge is 0.174 e. The van der Waals surface area contributed by atoms with Gasteiger partial charge in [0.05, 0.1) is 18.8 Å². The lowest BCUT2D eigenvalue weighted by molar-refractivity contribution is 0.414. The summed E-state index contributed by atoms with van der Waals surface area (Å²) in [6.07, 6.45) is 7.61. The number of rotatable bonds is 6. The first kappa shape index (κ1) is 20.2. The minimum atomic E-state index is -0.0996. The molecule has 0 saturated carbocycles. The van der Waals surface area contributed by atoms with Crippen LogP contribution in [0.25, 0.3) is 0 Å². The van der Waals surface area contributed by atoms with Gasteiger partial charge in [-0.15, -0.1) is 0 Å². The van der Waals surface area contributed by atoms with Crippen molar-refractivity contribution >= 4 is 23.0 Å². The third kappa shape index (κ3) is 3.83. The molecule has 1 aromatic carbocycles. The zero-order chi connectivity index (χ0) is 21.9. The SMILES string of the molecule is COc1cccc(N2C(=S)NC(c3ccccn3)C2c2cccn2Cc2cccnc2)c1. The first-order valence-electron chi connectivity index (χ1n) is 10.4. The number of pyridine rings is 2. The summed E-state index contributed by atoms with van der Waals surface area (Å²) in [5, 5.41) is 4.17. The molecular formula is C25H23N5OS. The van der Waals surface area contributed by atoms with Gasteiger partial charge in [-0.3, -0.25) is 9.97 Å². The van der Waals surface area contributed by atoms with Crippen molar-refractivity contribution in [3.63, 3.8) is 0 Å². The first-order chi connectivity index (χ1) is 15.7. The van der Waals surface area contributed by atoms with Gasteiger partial charge in [0.2, 0.25) is 0 Å². The lowest BCUT2D eigenvalue weighted by Gasteiger charge is -2.29. The molecule has 1 aliphatic rings. The van der Waals surface area contributed by atoms with E-state index in [1.807, 2.05) is 54.9 Å². The third-order valence-corrected chi connectivity index (χ3v) is 5.99. The number of anilines is 1. The number of hydrogen-bond acceptors (Lipinski definition) is 4. The van der Waals surface area contributed by atoms with Crippen molar-refractivity contribution < 1.29 is 4.74 Å². The van der Waals surface area contributed by atoms with Gasteiger partial charge >= 0.3 is 0 Å². The molecule has 1 aliphatic heterocycles. The van der Waals surface area contributed by atoms with E-state index < -0.39 is 0 Å². The van der Waals surface area contributed by atoms with Gasteiger partial charge in [-0.25, -0.2) is 0 Å². The standard InChI is InChI=1S/C25H23N5OS/c1-31-20-9-4-8-19(15-20)30-24(23(28-25(30)32)21-10-2-3-13-27-21)22-11-6-14-29(22)17-18-7-5-12-26-16-18/h2-16,23-24H,17H2,1H3,(H,28,32). The van der Waals surface area contributed by atoms with E-state index in [1.54, 1.807) is 13.3 Å². The van der Waals surface area contributed by atoms with E-state index in [-0.39, 0.29) is 12.1 Å². The van der Waals surface area contributed by atoms with Crippen LogP contribution in [0.15, 0.2) is 91.5 Å². The fraction of sp³-hybridized carbons (Fsp3) is 0.160. The van der Waals surface area contributed by atoms with Gasteiger partial charge in [-0.2, -0.15) is 0 Å². The molecule has 0 aliphatic carbocycles. The molecule has 0 radical (unpaired) electrons. The van der Waals surface area contributed by atoms with Crippen molar-refractivity contribution in [2.24, 2.45) is 0 Å². The molecular weight excluding hydrogens is 418 g/mol. The second-order valence-corrected chi connectivity index (χ2v) is 8.01. The minimum absolute atomic E-state index is 0.0869. The van der Waals surface area contributed by atoms with E-state index in [4.69, 9.17) is 17.0 Å². The Kier molecular flexibility index (Phi) is 5.56. The molecule has 6 nitrogen and oxygen atoms in total. The van der Waals surface area contributed by atoms with Gasteiger partial charge < -0.3 is 19.5 Å². The van der Waals surface area contributed by atoms with Crippen molar-refractivity contribution in [2.45, 2.75) is 18.6 Å². The van der Waals surface area contributed by atoms with Crippen molar-refractivity contribution in [2.75, 3.05) is 12.0 Å². The summed E-state index contributed by atoms with van der Waals surface area (Å²) in [6.45, 7) is 0.723. The van der Waals surface area contributed by atoms with Crippen LogP contribution < -0.4 is 15.0 Å². The molecule has 32 heavy (non-hydrogen) atoms. The number of methoxy groups -OCH3 is 1. The Balaban J connectivity index is 1.60. The van der Waals surface area contributed by atoms with Crippen LogP contribution in [0.4, 0.5) is 5.69 Å². The van der Waals surface area contributed by atoms with Gasteiger partial charge in [0.1, 0.15) is 11.8 Å². The number of benzene rings is 1. The largest absolute Gasteiger partial charge is 0.497 e. The Morgan fingerprint density at radius 1 is 1.03 bits per heavy atom. The highest BCUT2D eigenvalue weighted by molar-refractivity contribution is 7.80. The van der Waals surface area contributed by atoms with E-state index in [0.29, 0.717) is 5.11 Å². The summed E-state index contributed by atoms with van der Waals surface area (Å²) < 4.78 is 7.73. The topological polar surface area (TPSA) is 55.2 Å². The predicted octanol–water partition coefficient (Wildman–Crippen LogP) is 4.51. The van der Waals surface area contributed by atoms with E-state index in [2.05, 4.69) is 55.2 Å². The van der Waals surface area contributed by atoms with Crippen molar-refractivity contribution in [1.82, 2.24) is 19.9 Å². The molecule has 1 N–H and O–H groups in total. The van der Waals surface area contributed by atoms with Gasteiger partial charge in [0, 0.05) is 48.8 Å². The Morgan fingerprint density at radius 3 is 2.75 bits per heavy atom. The van der Waals surface area contributed by atoms with E-state index in [0.717, 1.165) is 34.9 Å². The summed E-state index contributed by atoms with van der Waals surface area (Å²) >= 11 is 5.83. The Bertz CT molecular complexity index is 1210. The molecule has 3 aromatic heterocycles. The number of thiocarbonyl (C=S) groups is 1. The minimum Gasteiger partial charge on any atom is -0.497 e. The molecule has 0 bridgehead atoms. The number of nitrogens with zero attached hydrogens (tertiary/aromatic N) is 4. The van der Waals surface area contributed by atoms with Crippen molar-refractivity contribution in [3.8, 4) is 5.75 Å². The molecule has 1 saturated heterocycles. The lowest BCUT2D eigenvalue weighted by Crippen LogP contribution is -2.30. The third-order valence-electron chi connectivity index (χ3n) is 5.67. The summed E-state index contributed by atoms with van der Waals surface area (Å²) in [4.78, 5) is 11.1. The number of nitrogens with one attached hydrogen (secondary N) is 1. The van der Waals surface area contributed by atoms with E-state index in [9.17, 15) is 0 Å². The fourth-order valence-corrected chi connectivity index (χ4v) is 4.57.